The van der Waals surface area contributed by atoms with Crippen LogP contribution in [0.15, 0.2) is 34.9 Å². The minimum Gasteiger partial charge on any atom is -0.484 e. The third kappa shape index (κ3) is 4.85. The smallest absolute Gasteiger partial charge is 0.260 e. The molecule has 0 radical (unpaired) electrons. The molecule has 0 unspecified atom stereocenters. The summed E-state index contributed by atoms with van der Waals surface area (Å²) >= 11 is 0. The Bertz CT molecular complexity index is 716. The second-order valence-corrected chi connectivity index (χ2v) is 7.10. The van der Waals surface area contributed by atoms with Crippen molar-refractivity contribution in [2.24, 2.45) is 0 Å². The summed E-state index contributed by atoms with van der Waals surface area (Å²) in [6.07, 6.45) is 0. The highest BCUT2D eigenvalue weighted by molar-refractivity contribution is 5.77. The van der Waals surface area contributed by atoms with E-state index in [-0.39, 0.29) is 12.5 Å². The van der Waals surface area contributed by atoms with E-state index in [2.05, 4.69) is 36.0 Å². The molecule has 0 aliphatic carbocycles. The van der Waals surface area contributed by atoms with Crippen LogP contribution in [0.1, 0.15) is 36.8 Å². The molecule has 1 fully saturated rings. The molecule has 0 bridgehead atoms. The summed E-state index contributed by atoms with van der Waals surface area (Å²) in [6.45, 7) is 10.1. The van der Waals surface area contributed by atoms with E-state index in [0.717, 1.165) is 36.8 Å². The maximum atomic E-state index is 12.4. The summed E-state index contributed by atoms with van der Waals surface area (Å²) in [7, 11) is 0. The highest BCUT2D eigenvalue weighted by atomic mass is 16.5. The van der Waals surface area contributed by atoms with Gasteiger partial charge >= 0.3 is 0 Å². The first-order valence-electron chi connectivity index (χ1n) is 9.16. The number of aryl methyl sites for hydroxylation is 1. The first-order chi connectivity index (χ1) is 12.5. The van der Waals surface area contributed by atoms with Crippen LogP contribution in [0.4, 0.5) is 0 Å². The zero-order valence-corrected chi connectivity index (χ0v) is 15.8. The number of carbonyl (C=O) groups excluding carboxylic acids is 1. The number of benzene rings is 1. The minimum absolute atomic E-state index is 0.0353. The molecule has 1 aliphatic heterocycles. The van der Waals surface area contributed by atoms with Crippen LogP contribution >= 0.6 is 0 Å². The van der Waals surface area contributed by atoms with Gasteiger partial charge in [0, 0.05) is 32.2 Å². The fourth-order valence-corrected chi connectivity index (χ4v) is 3.05. The second kappa shape index (κ2) is 8.36. The van der Waals surface area contributed by atoms with Gasteiger partial charge < -0.3 is 14.2 Å². The SMILES string of the molecule is Cc1cc(CN2CCN(C(=O)COc3ccc(C(C)C)cc3)CC2)on1. The topological polar surface area (TPSA) is 58.8 Å². The first kappa shape index (κ1) is 18.5. The summed E-state index contributed by atoms with van der Waals surface area (Å²) in [5.41, 5.74) is 2.16. The predicted molar refractivity (Wildman–Crippen MR) is 99.1 cm³/mol. The van der Waals surface area contributed by atoms with Crippen molar-refractivity contribution in [3.8, 4) is 5.75 Å². The van der Waals surface area contributed by atoms with E-state index >= 15 is 0 Å². The second-order valence-electron chi connectivity index (χ2n) is 7.10. The van der Waals surface area contributed by atoms with Gasteiger partial charge in [-0.25, -0.2) is 0 Å². The first-order valence-corrected chi connectivity index (χ1v) is 9.16. The molecule has 6 nitrogen and oxygen atoms in total. The average molecular weight is 357 g/mol. The number of hydrogen-bond acceptors (Lipinski definition) is 5. The number of piperazine rings is 1. The van der Waals surface area contributed by atoms with Crippen LogP contribution in [-0.4, -0.2) is 53.6 Å². The summed E-state index contributed by atoms with van der Waals surface area (Å²) in [4.78, 5) is 16.5. The molecule has 1 amide bonds. The molecule has 0 spiro atoms. The summed E-state index contributed by atoms with van der Waals surface area (Å²) < 4.78 is 10.9. The molecule has 1 aromatic heterocycles. The Morgan fingerprint density at radius 3 is 2.46 bits per heavy atom. The van der Waals surface area contributed by atoms with Crippen LogP contribution < -0.4 is 4.74 Å². The number of carbonyl (C=O) groups is 1. The fraction of sp³-hybridized carbons (Fsp3) is 0.500. The molecular weight excluding hydrogens is 330 g/mol. The largest absolute Gasteiger partial charge is 0.484 e. The Morgan fingerprint density at radius 2 is 1.88 bits per heavy atom. The van der Waals surface area contributed by atoms with Crippen LogP contribution in [0.5, 0.6) is 5.75 Å². The van der Waals surface area contributed by atoms with Crippen molar-refractivity contribution < 1.29 is 14.1 Å². The van der Waals surface area contributed by atoms with Crippen LogP contribution in [0.25, 0.3) is 0 Å². The van der Waals surface area contributed by atoms with Crippen molar-refractivity contribution in [3.05, 3.63) is 47.3 Å². The van der Waals surface area contributed by atoms with Gasteiger partial charge in [0.15, 0.2) is 12.4 Å². The van der Waals surface area contributed by atoms with E-state index in [4.69, 9.17) is 9.26 Å². The molecule has 2 aromatic rings. The molecule has 0 N–H and O–H groups in total. The highest BCUT2D eigenvalue weighted by Gasteiger charge is 2.22. The quantitative estimate of drug-likeness (QED) is 0.796. The van der Waals surface area contributed by atoms with Crippen molar-refractivity contribution in [2.45, 2.75) is 33.2 Å². The molecule has 2 heterocycles. The van der Waals surface area contributed by atoms with Crippen molar-refractivity contribution in [1.29, 1.82) is 0 Å². The van der Waals surface area contributed by atoms with Gasteiger partial charge in [-0.05, 0) is 30.5 Å². The standard InChI is InChI=1S/C20H27N3O3/c1-15(2)17-4-6-18(7-5-17)25-14-20(24)23-10-8-22(9-11-23)13-19-12-16(3)21-26-19/h4-7,12,15H,8-11,13-14H2,1-3H3. The number of ether oxygens (including phenoxy) is 1. The lowest BCUT2D eigenvalue weighted by atomic mass is 10.0. The lowest BCUT2D eigenvalue weighted by molar-refractivity contribution is -0.135. The number of aromatic nitrogens is 1. The van der Waals surface area contributed by atoms with E-state index in [1.165, 1.54) is 5.56 Å². The van der Waals surface area contributed by atoms with Gasteiger partial charge in [0.1, 0.15) is 5.75 Å². The van der Waals surface area contributed by atoms with Gasteiger partial charge in [0.05, 0.1) is 12.2 Å². The molecule has 0 saturated carbocycles. The van der Waals surface area contributed by atoms with E-state index in [1.807, 2.05) is 30.0 Å². The van der Waals surface area contributed by atoms with Gasteiger partial charge in [-0.1, -0.05) is 31.1 Å². The minimum atomic E-state index is 0.0353. The van der Waals surface area contributed by atoms with E-state index in [0.29, 0.717) is 19.0 Å². The van der Waals surface area contributed by atoms with E-state index in [9.17, 15) is 4.79 Å². The van der Waals surface area contributed by atoms with Crippen LogP contribution in [0, 0.1) is 6.92 Å². The summed E-state index contributed by atoms with van der Waals surface area (Å²) in [6, 6.07) is 9.92. The maximum Gasteiger partial charge on any atom is 0.260 e. The van der Waals surface area contributed by atoms with Crippen LogP contribution in [0.2, 0.25) is 0 Å². The third-order valence-electron chi connectivity index (χ3n) is 4.69. The van der Waals surface area contributed by atoms with Crippen molar-refractivity contribution >= 4 is 5.91 Å². The van der Waals surface area contributed by atoms with Gasteiger partial charge in [-0.15, -0.1) is 0 Å². The molecule has 1 aliphatic rings. The summed E-state index contributed by atoms with van der Waals surface area (Å²) in [5, 5.41) is 3.91. The Labute approximate surface area is 154 Å². The van der Waals surface area contributed by atoms with Crippen LogP contribution in [-0.2, 0) is 11.3 Å². The number of hydrogen-bond donors (Lipinski definition) is 0. The molecule has 0 atom stereocenters. The Balaban J connectivity index is 1.42. The molecule has 1 aromatic carbocycles. The van der Waals surface area contributed by atoms with Crippen molar-refractivity contribution in [1.82, 2.24) is 15.0 Å². The number of rotatable bonds is 6. The average Bonchev–Trinajstić information content (AvgIpc) is 3.05. The van der Waals surface area contributed by atoms with E-state index < -0.39 is 0 Å². The van der Waals surface area contributed by atoms with Crippen molar-refractivity contribution in [3.63, 3.8) is 0 Å². The third-order valence-corrected chi connectivity index (χ3v) is 4.69. The van der Waals surface area contributed by atoms with Gasteiger partial charge in [0.2, 0.25) is 0 Å². The molecule has 6 heteroatoms. The zero-order chi connectivity index (χ0) is 18.5. The zero-order valence-electron chi connectivity index (χ0n) is 15.8. The number of amides is 1. The number of nitrogens with zero attached hydrogens (tertiary/aromatic N) is 3. The molecular formula is C20H27N3O3. The Kier molecular flexibility index (Phi) is 5.93. The lowest BCUT2D eigenvalue weighted by Gasteiger charge is -2.34. The van der Waals surface area contributed by atoms with Crippen LogP contribution in [0.3, 0.4) is 0 Å². The van der Waals surface area contributed by atoms with Gasteiger partial charge in [0.25, 0.3) is 5.91 Å². The molecule has 140 valence electrons. The molecule has 1 saturated heterocycles. The Hall–Kier alpha value is -2.34. The Morgan fingerprint density at radius 1 is 1.19 bits per heavy atom. The molecule has 26 heavy (non-hydrogen) atoms. The fourth-order valence-electron chi connectivity index (χ4n) is 3.05. The monoisotopic (exact) mass is 357 g/mol. The van der Waals surface area contributed by atoms with Gasteiger partial charge in [-0.3, -0.25) is 9.69 Å². The predicted octanol–water partition coefficient (Wildman–Crippen LogP) is 2.83. The van der Waals surface area contributed by atoms with E-state index in [1.54, 1.807) is 0 Å². The van der Waals surface area contributed by atoms with Crippen molar-refractivity contribution in [2.75, 3.05) is 32.8 Å². The normalized spacial score (nSPS) is 15.5. The maximum absolute atomic E-state index is 12.4. The molecule has 3 rings (SSSR count). The summed E-state index contributed by atoms with van der Waals surface area (Å²) in [5.74, 6) is 2.13. The van der Waals surface area contributed by atoms with Gasteiger partial charge in [-0.2, -0.15) is 0 Å². The lowest BCUT2D eigenvalue weighted by Crippen LogP contribution is -2.49. The highest BCUT2D eigenvalue weighted by Crippen LogP contribution is 2.18.